The number of Topliss-reactive ketones (excluding diaryl/α,β-unsaturated/α-hetero) is 1. The molecule has 0 saturated heterocycles. The number of ketones is 1. The Kier molecular flexibility index (Phi) is 6.43. The second-order valence-corrected chi connectivity index (χ2v) is 6.70. The Morgan fingerprint density at radius 3 is 2.45 bits per heavy atom. The van der Waals surface area contributed by atoms with Gasteiger partial charge in [-0.1, -0.05) is 35.5 Å². The number of carbonyl (C=O) groups excluding carboxylic acids is 1. The number of nitrogens with zero attached hydrogens (tertiary/aromatic N) is 3. The van der Waals surface area contributed by atoms with Crippen molar-refractivity contribution >= 4 is 5.78 Å². The molecule has 0 aliphatic carbocycles. The van der Waals surface area contributed by atoms with Gasteiger partial charge in [0.1, 0.15) is 5.78 Å². The number of alkyl halides is 3. The number of aliphatic hydroxyl groups is 1. The van der Waals surface area contributed by atoms with Gasteiger partial charge in [0.2, 0.25) is 0 Å². The molecule has 1 heterocycles. The standard InChI is InChI=1S/C21H20F3N3O2/c22-21(23,24)20-6-2-1-4-16(20)13-19(29)12-15-7-9-18(10-8-15)27-14-17(25-26-27)5-3-11-28/h1-2,4,6-10,14,28H,3,5,11-13H2. The van der Waals surface area contributed by atoms with Gasteiger partial charge in [0.05, 0.1) is 23.1 Å². The lowest BCUT2D eigenvalue weighted by Gasteiger charge is -2.12. The van der Waals surface area contributed by atoms with E-state index < -0.39 is 11.7 Å². The smallest absolute Gasteiger partial charge is 0.396 e. The fourth-order valence-electron chi connectivity index (χ4n) is 3.02. The van der Waals surface area contributed by atoms with E-state index in [9.17, 15) is 18.0 Å². The summed E-state index contributed by atoms with van der Waals surface area (Å²) in [5, 5.41) is 16.9. The number of hydrogen-bond donors (Lipinski definition) is 1. The Hall–Kier alpha value is -3.00. The van der Waals surface area contributed by atoms with E-state index >= 15 is 0 Å². The third kappa shape index (κ3) is 5.51. The highest BCUT2D eigenvalue weighted by atomic mass is 19.4. The van der Waals surface area contributed by atoms with Crippen molar-refractivity contribution in [1.29, 1.82) is 0 Å². The molecule has 8 heteroatoms. The van der Waals surface area contributed by atoms with Crippen LogP contribution in [0.3, 0.4) is 0 Å². The number of aromatic nitrogens is 3. The number of aryl methyl sites for hydroxylation is 1. The molecule has 5 nitrogen and oxygen atoms in total. The third-order valence-electron chi connectivity index (χ3n) is 4.44. The highest BCUT2D eigenvalue weighted by molar-refractivity contribution is 5.83. The highest BCUT2D eigenvalue weighted by Gasteiger charge is 2.33. The quantitative estimate of drug-likeness (QED) is 0.625. The maximum absolute atomic E-state index is 13.1. The van der Waals surface area contributed by atoms with Crippen LogP contribution in [-0.4, -0.2) is 32.5 Å². The van der Waals surface area contributed by atoms with E-state index in [1.165, 1.54) is 18.2 Å². The maximum Gasteiger partial charge on any atom is 0.416 e. The molecule has 29 heavy (non-hydrogen) atoms. The van der Waals surface area contributed by atoms with Gasteiger partial charge >= 0.3 is 6.18 Å². The van der Waals surface area contributed by atoms with E-state index in [2.05, 4.69) is 10.3 Å². The monoisotopic (exact) mass is 403 g/mol. The van der Waals surface area contributed by atoms with Crippen LogP contribution >= 0.6 is 0 Å². The van der Waals surface area contributed by atoms with Crippen molar-refractivity contribution in [3.8, 4) is 5.69 Å². The van der Waals surface area contributed by atoms with Crippen LogP contribution in [0.15, 0.2) is 54.7 Å². The van der Waals surface area contributed by atoms with Gasteiger partial charge in [0.15, 0.2) is 0 Å². The van der Waals surface area contributed by atoms with E-state index in [4.69, 9.17) is 5.11 Å². The molecular formula is C21H20F3N3O2. The fourth-order valence-corrected chi connectivity index (χ4v) is 3.02. The molecule has 3 rings (SSSR count). The molecule has 0 aliphatic rings. The van der Waals surface area contributed by atoms with Crippen molar-refractivity contribution in [2.75, 3.05) is 6.61 Å². The Labute approximate surface area is 165 Å². The van der Waals surface area contributed by atoms with Crippen LogP contribution in [0.5, 0.6) is 0 Å². The zero-order valence-corrected chi connectivity index (χ0v) is 15.6. The molecule has 0 bridgehead atoms. The van der Waals surface area contributed by atoms with E-state index in [-0.39, 0.29) is 30.8 Å². The first-order chi connectivity index (χ1) is 13.9. The normalized spacial score (nSPS) is 11.6. The first-order valence-electron chi connectivity index (χ1n) is 9.15. The summed E-state index contributed by atoms with van der Waals surface area (Å²) in [5.74, 6) is -0.290. The van der Waals surface area contributed by atoms with Crippen molar-refractivity contribution in [3.05, 3.63) is 77.1 Å². The van der Waals surface area contributed by atoms with Crippen LogP contribution in [-0.2, 0) is 30.2 Å². The maximum atomic E-state index is 13.1. The molecular weight excluding hydrogens is 383 g/mol. The van der Waals surface area contributed by atoms with Gasteiger partial charge in [-0.05, 0) is 42.2 Å². The first-order valence-corrected chi connectivity index (χ1v) is 9.15. The number of carbonyl (C=O) groups is 1. The van der Waals surface area contributed by atoms with Gasteiger partial charge in [0, 0.05) is 19.4 Å². The van der Waals surface area contributed by atoms with Gasteiger partial charge in [0.25, 0.3) is 0 Å². The molecule has 0 unspecified atom stereocenters. The van der Waals surface area contributed by atoms with Crippen molar-refractivity contribution in [2.24, 2.45) is 0 Å². The van der Waals surface area contributed by atoms with Crippen LogP contribution in [0.2, 0.25) is 0 Å². The summed E-state index contributed by atoms with van der Waals surface area (Å²) in [6.45, 7) is 0.0863. The highest BCUT2D eigenvalue weighted by Crippen LogP contribution is 2.32. The summed E-state index contributed by atoms with van der Waals surface area (Å²) in [6.07, 6.45) is -1.70. The molecule has 0 aliphatic heterocycles. The van der Waals surface area contributed by atoms with Crippen molar-refractivity contribution in [3.63, 3.8) is 0 Å². The fraction of sp³-hybridized carbons (Fsp3) is 0.286. The Balaban J connectivity index is 1.64. The SMILES string of the molecule is O=C(Cc1ccc(-n2cc(CCCO)nn2)cc1)Cc1ccccc1C(F)(F)F. The largest absolute Gasteiger partial charge is 0.416 e. The average molecular weight is 403 g/mol. The molecule has 0 radical (unpaired) electrons. The van der Waals surface area contributed by atoms with Crippen molar-refractivity contribution in [1.82, 2.24) is 15.0 Å². The predicted molar refractivity (Wildman–Crippen MR) is 101 cm³/mol. The number of benzene rings is 2. The molecule has 3 aromatic rings. The van der Waals surface area contributed by atoms with Crippen molar-refractivity contribution in [2.45, 2.75) is 31.9 Å². The second kappa shape index (κ2) is 9.00. The number of halogens is 3. The number of rotatable bonds is 8. The average Bonchev–Trinajstić information content (AvgIpc) is 3.15. The topological polar surface area (TPSA) is 68.0 Å². The molecule has 0 atom stereocenters. The zero-order chi connectivity index (χ0) is 20.9. The molecule has 152 valence electrons. The van der Waals surface area contributed by atoms with Crippen LogP contribution in [0.25, 0.3) is 5.69 Å². The first kappa shape index (κ1) is 20.7. The van der Waals surface area contributed by atoms with E-state index in [0.29, 0.717) is 18.4 Å². The number of hydrogen-bond acceptors (Lipinski definition) is 4. The van der Waals surface area contributed by atoms with Gasteiger partial charge in [-0.3, -0.25) is 4.79 Å². The summed E-state index contributed by atoms with van der Waals surface area (Å²) >= 11 is 0. The summed E-state index contributed by atoms with van der Waals surface area (Å²) < 4.78 is 40.8. The zero-order valence-electron chi connectivity index (χ0n) is 15.6. The lowest BCUT2D eigenvalue weighted by molar-refractivity contribution is -0.138. The Bertz CT molecular complexity index is 966. The minimum Gasteiger partial charge on any atom is -0.396 e. The minimum atomic E-state index is -4.48. The summed E-state index contributed by atoms with van der Waals surface area (Å²) in [5.41, 5.74) is 1.45. The van der Waals surface area contributed by atoms with E-state index in [0.717, 1.165) is 17.4 Å². The predicted octanol–water partition coefficient (Wildman–Crippen LogP) is 3.57. The van der Waals surface area contributed by atoms with Gasteiger partial charge in [-0.2, -0.15) is 13.2 Å². The van der Waals surface area contributed by atoms with Crippen LogP contribution in [0, 0.1) is 0 Å². The van der Waals surface area contributed by atoms with Crippen LogP contribution < -0.4 is 0 Å². The molecule has 2 aromatic carbocycles. The van der Waals surface area contributed by atoms with E-state index in [1.54, 1.807) is 35.1 Å². The second-order valence-electron chi connectivity index (χ2n) is 6.70. The molecule has 0 fully saturated rings. The Morgan fingerprint density at radius 2 is 1.76 bits per heavy atom. The minimum absolute atomic E-state index is 0.0142. The molecule has 0 spiro atoms. The summed E-state index contributed by atoms with van der Waals surface area (Å²) in [4.78, 5) is 12.3. The molecule has 1 aromatic heterocycles. The molecule has 1 N–H and O–H groups in total. The lowest BCUT2D eigenvalue weighted by Crippen LogP contribution is -2.13. The van der Waals surface area contributed by atoms with Crippen molar-refractivity contribution < 1.29 is 23.1 Å². The Morgan fingerprint density at radius 1 is 1.03 bits per heavy atom. The van der Waals surface area contributed by atoms with E-state index in [1.807, 2.05) is 0 Å². The van der Waals surface area contributed by atoms with Crippen LogP contribution in [0.4, 0.5) is 13.2 Å². The molecule has 0 amide bonds. The lowest BCUT2D eigenvalue weighted by atomic mass is 9.98. The number of aliphatic hydroxyl groups excluding tert-OH is 1. The van der Waals surface area contributed by atoms with Crippen LogP contribution in [0.1, 0.15) is 28.8 Å². The molecule has 0 saturated carbocycles. The van der Waals surface area contributed by atoms with Gasteiger partial charge in [-0.25, -0.2) is 4.68 Å². The van der Waals surface area contributed by atoms with Gasteiger partial charge in [-0.15, -0.1) is 5.10 Å². The van der Waals surface area contributed by atoms with Gasteiger partial charge < -0.3 is 5.11 Å². The third-order valence-corrected chi connectivity index (χ3v) is 4.44. The summed E-state index contributed by atoms with van der Waals surface area (Å²) in [6, 6.07) is 12.2. The summed E-state index contributed by atoms with van der Waals surface area (Å²) in [7, 11) is 0.